The van der Waals surface area contributed by atoms with E-state index < -0.39 is 0 Å². The minimum absolute atomic E-state index is 0.00769. The number of amides is 1. The number of fused-ring (bicyclic) bond motifs is 2. The molecular weight excluding hydrogens is 270 g/mol. The van der Waals surface area contributed by atoms with Gasteiger partial charge in [-0.05, 0) is 24.1 Å². The van der Waals surface area contributed by atoms with Gasteiger partial charge in [-0.3, -0.25) is 10.1 Å². The molecule has 1 fully saturated rings. The Hall–Kier alpha value is -2.08. The SMILES string of the molecule is CC(C)C1C(=O)NC2=Nc3ccc(OCCO)cc3CN21. The van der Waals surface area contributed by atoms with Crippen LogP contribution < -0.4 is 10.1 Å². The molecule has 0 aromatic heterocycles. The maximum absolute atomic E-state index is 12.1. The van der Waals surface area contributed by atoms with Crippen LogP contribution in [0.25, 0.3) is 0 Å². The molecule has 0 saturated carbocycles. The Bertz CT molecular complexity index is 598. The predicted molar refractivity (Wildman–Crippen MR) is 78.4 cm³/mol. The zero-order valence-electron chi connectivity index (χ0n) is 12.2. The van der Waals surface area contributed by atoms with Gasteiger partial charge in [-0.25, -0.2) is 4.99 Å². The molecule has 0 aliphatic carbocycles. The van der Waals surface area contributed by atoms with Crippen molar-refractivity contribution in [2.75, 3.05) is 13.2 Å². The molecule has 1 aromatic carbocycles. The Labute approximate surface area is 123 Å². The number of benzene rings is 1. The minimum Gasteiger partial charge on any atom is -0.491 e. The van der Waals surface area contributed by atoms with Gasteiger partial charge in [0.05, 0.1) is 12.3 Å². The molecule has 2 heterocycles. The summed E-state index contributed by atoms with van der Waals surface area (Å²) in [5.74, 6) is 1.57. The first-order valence-electron chi connectivity index (χ1n) is 7.13. The Morgan fingerprint density at radius 1 is 1.52 bits per heavy atom. The predicted octanol–water partition coefficient (Wildman–Crippen LogP) is 1.02. The number of carbonyl (C=O) groups is 1. The van der Waals surface area contributed by atoms with Gasteiger partial charge >= 0.3 is 0 Å². The Balaban J connectivity index is 1.89. The molecular formula is C15H19N3O3. The molecule has 1 atom stereocenters. The summed E-state index contributed by atoms with van der Waals surface area (Å²) in [5, 5.41) is 11.7. The van der Waals surface area contributed by atoms with E-state index in [2.05, 4.69) is 10.3 Å². The number of nitrogens with zero attached hydrogens (tertiary/aromatic N) is 2. The molecule has 1 unspecified atom stereocenters. The van der Waals surface area contributed by atoms with E-state index in [1.807, 2.05) is 36.9 Å². The quantitative estimate of drug-likeness (QED) is 0.867. The van der Waals surface area contributed by atoms with Crippen molar-refractivity contribution in [1.29, 1.82) is 0 Å². The van der Waals surface area contributed by atoms with Crippen LogP contribution in [0.3, 0.4) is 0 Å². The molecule has 6 nitrogen and oxygen atoms in total. The lowest BCUT2D eigenvalue weighted by Crippen LogP contribution is -2.39. The van der Waals surface area contributed by atoms with Crippen LogP contribution >= 0.6 is 0 Å². The van der Waals surface area contributed by atoms with E-state index >= 15 is 0 Å². The molecule has 2 aliphatic rings. The van der Waals surface area contributed by atoms with Crippen molar-refractivity contribution in [3.8, 4) is 5.75 Å². The molecule has 2 aliphatic heterocycles. The lowest BCUT2D eigenvalue weighted by atomic mass is 10.0. The van der Waals surface area contributed by atoms with Crippen molar-refractivity contribution in [2.24, 2.45) is 10.9 Å². The normalized spacial score (nSPS) is 20.0. The Morgan fingerprint density at radius 3 is 3.05 bits per heavy atom. The number of aliphatic hydroxyl groups is 1. The van der Waals surface area contributed by atoms with E-state index in [0.717, 1.165) is 11.3 Å². The first-order chi connectivity index (χ1) is 10.1. The largest absolute Gasteiger partial charge is 0.491 e. The zero-order chi connectivity index (χ0) is 15.0. The molecule has 1 amide bonds. The van der Waals surface area contributed by atoms with Gasteiger partial charge in [0, 0.05) is 12.1 Å². The lowest BCUT2D eigenvalue weighted by Gasteiger charge is -2.29. The number of hydrogen-bond acceptors (Lipinski definition) is 5. The first-order valence-corrected chi connectivity index (χ1v) is 7.13. The smallest absolute Gasteiger partial charge is 0.249 e. The van der Waals surface area contributed by atoms with Gasteiger partial charge in [0.2, 0.25) is 11.9 Å². The van der Waals surface area contributed by atoms with Crippen LogP contribution in [0.2, 0.25) is 0 Å². The third kappa shape index (κ3) is 2.47. The van der Waals surface area contributed by atoms with Gasteiger partial charge in [0.15, 0.2) is 0 Å². The molecule has 112 valence electrons. The van der Waals surface area contributed by atoms with Crippen LogP contribution in [0.15, 0.2) is 23.2 Å². The van der Waals surface area contributed by atoms with Gasteiger partial charge in [0.25, 0.3) is 0 Å². The Morgan fingerprint density at radius 2 is 2.33 bits per heavy atom. The van der Waals surface area contributed by atoms with Crippen LogP contribution in [0.4, 0.5) is 5.69 Å². The van der Waals surface area contributed by atoms with Crippen LogP contribution in [0.5, 0.6) is 5.75 Å². The molecule has 0 spiro atoms. The van der Waals surface area contributed by atoms with E-state index in [1.54, 1.807) is 0 Å². The number of aliphatic hydroxyl groups excluding tert-OH is 1. The second-order valence-electron chi connectivity index (χ2n) is 5.60. The topological polar surface area (TPSA) is 74.2 Å². The fourth-order valence-electron chi connectivity index (χ4n) is 2.81. The second-order valence-corrected chi connectivity index (χ2v) is 5.60. The van der Waals surface area contributed by atoms with E-state index in [9.17, 15) is 4.79 Å². The fraction of sp³-hybridized carbons (Fsp3) is 0.467. The molecule has 21 heavy (non-hydrogen) atoms. The van der Waals surface area contributed by atoms with E-state index in [-0.39, 0.29) is 31.1 Å². The van der Waals surface area contributed by atoms with Crippen molar-refractivity contribution >= 4 is 17.6 Å². The van der Waals surface area contributed by atoms with Crippen molar-refractivity contribution in [3.63, 3.8) is 0 Å². The zero-order valence-corrected chi connectivity index (χ0v) is 12.2. The highest BCUT2D eigenvalue weighted by molar-refractivity contribution is 6.07. The number of hydrogen-bond donors (Lipinski definition) is 2. The van der Waals surface area contributed by atoms with E-state index in [0.29, 0.717) is 18.3 Å². The van der Waals surface area contributed by atoms with Crippen LogP contribution in [-0.2, 0) is 11.3 Å². The molecule has 2 N–H and O–H groups in total. The summed E-state index contributed by atoms with van der Waals surface area (Å²) in [4.78, 5) is 18.6. The maximum Gasteiger partial charge on any atom is 0.249 e. The number of ether oxygens (including phenoxy) is 1. The monoisotopic (exact) mass is 289 g/mol. The van der Waals surface area contributed by atoms with E-state index in [4.69, 9.17) is 9.84 Å². The minimum atomic E-state index is -0.182. The molecule has 0 radical (unpaired) electrons. The van der Waals surface area contributed by atoms with Gasteiger partial charge in [0.1, 0.15) is 18.4 Å². The number of guanidine groups is 1. The van der Waals surface area contributed by atoms with Gasteiger partial charge < -0.3 is 14.7 Å². The van der Waals surface area contributed by atoms with Gasteiger partial charge in [-0.15, -0.1) is 0 Å². The summed E-state index contributed by atoms with van der Waals surface area (Å²) in [6.07, 6.45) is 0. The Kier molecular flexibility index (Phi) is 3.55. The highest BCUT2D eigenvalue weighted by Crippen LogP contribution is 2.33. The first kappa shape index (κ1) is 13.9. The fourth-order valence-corrected chi connectivity index (χ4v) is 2.81. The summed E-state index contributed by atoms with van der Waals surface area (Å²) >= 11 is 0. The van der Waals surface area contributed by atoms with E-state index in [1.165, 1.54) is 0 Å². The molecule has 3 rings (SSSR count). The average molecular weight is 289 g/mol. The number of carbonyl (C=O) groups excluding carboxylic acids is 1. The summed E-state index contributed by atoms with van der Waals surface area (Å²) in [7, 11) is 0. The van der Waals surface area contributed by atoms with Crippen molar-refractivity contribution < 1.29 is 14.6 Å². The lowest BCUT2D eigenvalue weighted by molar-refractivity contribution is -0.122. The number of rotatable bonds is 4. The summed E-state index contributed by atoms with van der Waals surface area (Å²) in [6.45, 7) is 4.95. The van der Waals surface area contributed by atoms with Gasteiger partial charge in [-0.2, -0.15) is 0 Å². The van der Waals surface area contributed by atoms with Gasteiger partial charge in [-0.1, -0.05) is 13.8 Å². The average Bonchev–Trinajstić information content (AvgIpc) is 2.77. The number of nitrogens with one attached hydrogen (secondary N) is 1. The maximum atomic E-state index is 12.1. The van der Waals surface area contributed by atoms with Crippen LogP contribution in [-0.4, -0.2) is 41.1 Å². The summed E-state index contributed by atoms with van der Waals surface area (Å²) in [6, 6.07) is 5.44. The second kappa shape index (κ2) is 5.37. The molecule has 6 heteroatoms. The van der Waals surface area contributed by atoms with Crippen molar-refractivity contribution in [1.82, 2.24) is 10.2 Å². The highest BCUT2D eigenvalue weighted by Gasteiger charge is 2.40. The van der Waals surface area contributed by atoms with Crippen molar-refractivity contribution in [3.05, 3.63) is 23.8 Å². The summed E-state index contributed by atoms with van der Waals surface area (Å²) in [5.41, 5.74) is 1.87. The number of aliphatic imine (C=N–C) groups is 1. The van der Waals surface area contributed by atoms with Crippen molar-refractivity contribution in [2.45, 2.75) is 26.4 Å². The highest BCUT2D eigenvalue weighted by atomic mass is 16.5. The molecule has 1 saturated heterocycles. The third-order valence-corrected chi connectivity index (χ3v) is 3.72. The summed E-state index contributed by atoms with van der Waals surface area (Å²) < 4.78 is 5.43. The standard InChI is InChI=1S/C15H19N3O3/c1-9(2)13-14(20)17-15-16-12-4-3-11(21-6-5-19)7-10(12)8-18(13)15/h3-4,7,9,13,19H,5-6,8H2,1-2H3,(H,16,17,20). The third-order valence-electron chi connectivity index (χ3n) is 3.72. The molecule has 1 aromatic rings. The van der Waals surface area contributed by atoms with Crippen LogP contribution in [0, 0.1) is 5.92 Å². The molecule has 0 bridgehead atoms. The van der Waals surface area contributed by atoms with Crippen LogP contribution in [0.1, 0.15) is 19.4 Å².